The highest BCUT2D eigenvalue weighted by Crippen LogP contribution is 2.31. The fourth-order valence-corrected chi connectivity index (χ4v) is 6.16. The zero-order valence-corrected chi connectivity index (χ0v) is 22.2. The number of piperidine rings is 2. The van der Waals surface area contributed by atoms with E-state index in [1.807, 2.05) is 0 Å². The van der Waals surface area contributed by atoms with Gasteiger partial charge in [0.25, 0.3) is 11.8 Å². The van der Waals surface area contributed by atoms with Gasteiger partial charge in [0, 0.05) is 63.3 Å². The van der Waals surface area contributed by atoms with E-state index in [1.165, 1.54) is 17.5 Å². The van der Waals surface area contributed by atoms with Crippen molar-refractivity contribution in [3.8, 4) is 0 Å². The Labute approximate surface area is 228 Å². The number of aliphatic hydroxyl groups excluding tert-OH is 1. The Bertz CT molecular complexity index is 1240. The van der Waals surface area contributed by atoms with E-state index in [9.17, 15) is 19.5 Å². The largest absolute Gasteiger partial charge is 0.390 e. The van der Waals surface area contributed by atoms with E-state index >= 15 is 0 Å². The van der Waals surface area contributed by atoms with Gasteiger partial charge >= 0.3 is 0 Å². The molecule has 10 heteroatoms. The summed E-state index contributed by atoms with van der Waals surface area (Å²) in [7, 11) is 0. The zero-order valence-electron chi connectivity index (χ0n) is 22.2. The summed E-state index contributed by atoms with van der Waals surface area (Å²) in [6.07, 6.45) is 5.54. The van der Waals surface area contributed by atoms with Gasteiger partial charge in [-0.25, -0.2) is 9.97 Å². The fraction of sp³-hybridized carbons (Fsp3) is 0.552. The number of fused-ring (bicyclic) bond motifs is 1. The SMILES string of the molecule is O=C(C(=O)N1CCC(Nc2cc(C(=O)N3CCC(N4CCc5ccccc5C4)[C@@H](O)C3)ncn2)CC1)C1CC1. The molecule has 10 nitrogen and oxygen atoms in total. The highest BCUT2D eigenvalue weighted by molar-refractivity contribution is 6.37. The van der Waals surface area contributed by atoms with Gasteiger partial charge in [0.05, 0.1) is 6.10 Å². The smallest absolute Gasteiger partial charge is 0.290 e. The topological polar surface area (TPSA) is 119 Å². The maximum Gasteiger partial charge on any atom is 0.290 e. The Balaban J connectivity index is 1.01. The summed E-state index contributed by atoms with van der Waals surface area (Å²) in [4.78, 5) is 52.0. The molecule has 4 heterocycles. The molecule has 1 saturated carbocycles. The number of nitrogens with one attached hydrogen (secondary N) is 1. The van der Waals surface area contributed by atoms with Crippen molar-refractivity contribution in [3.05, 3.63) is 53.5 Å². The molecule has 0 radical (unpaired) electrons. The first-order valence-electron chi connectivity index (χ1n) is 14.2. The summed E-state index contributed by atoms with van der Waals surface area (Å²) in [5.41, 5.74) is 3.00. The maximum atomic E-state index is 13.3. The van der Waals surface area contributed by atoms with Gasteiger partial charge in [-0.1, -0.05) is 24.3 Å². The van der Waals surface area contributed by atoms with Crippen LogP contribution in [-0.4, -0.2) is 98.3 Å². The Kier molecular flexibility index (Phi) is 7.31. The molecular formula is C29H36N6O4. The molecular weight excluding hydrogens is 496 g/mol. The van der Waals surface area contributed by atoms with Gasteiger partial charge in [-0.3, -0.25) is 19.3 Å². The van der Waals surface area contributed by atoms with Crippen LogP contribution in [0.4, 0.5) is 5.82 Å². The van der Waals surface area contributed by atoms with Crippen LogP contribution in [0.5, 0.6) is 0 Å². The molecule has 39 heavy (non-hydrogen) atoms. The van der Waals surface area contributed by atoms with Crippen LogP contribution in [0.1, 0.15) is 53.7 Å². The van der Waals surface area contributed by atoms with Gasteiger partial charge in [-0.2, -0.15) is 0 Å². The number of aliphatic hydroxyl groups is 1. The van der Waals surface area contributed by atoms with Gasteiger partial charge in [-0.05, 0) is 49.7 Å². The average Bonchev–Trinajstić information content (AvgIpc) is 3.82. The molecule has 1 aromatic carbocycles. The third-order valence-electron chi connectivity index (χ3n) is 8.64. The molecule has 2 saturated heterocycles. The number of likely N-dealkylation sites (tertiary alicyclic amines) is 2. The summed E-state index contributed by atoms with van der Waals surface area (Å²) in [6, 6.07) is 10.3. The Morgan fingerprint density at radius 2 is 1.64 bits per heavy atom. The minimum Gasteiger partial charge on any atom is -0.390 e. The summed E-state index contributed by atoms with van der Waals surface area (Å²) in [5.74, 6) is -0.284. The van der Waals surface area contributed by atoms with Crippen LogP contribution in [-0.2, 0) is 22.6 Å². The summed E-state index contributed by atoms with van der Waals surface area (Å²) < 4.78 is 0. The van der Waals surface area contributed by atoms with E-state index in [1.54, 1.807) is 15.9 Å². The molecule has 0 bridgehead atoms. The predicted octanol–water partition coefficient (Wildman–Crippen LogP) is 1.49. The monoisotopic (exact) mass is 532 g/mol. The second-order valence-corrected chi connectivity index (χ2v) is 11.3. The van der Waals surface area contributed by atoms with E-state index in [4.69, 9.17) is 0 Å². The molecule has 2 N–H and O–H groups in total. The molecule has 3 aliphatic heterocycles. The van der Waals surface area contributed by atoms with Gasteiger partial charge < -0.3 is 20.2 Å². The molecule has 1 unspecified atom stereocenters. The number of aromatic nitrogens is 2. The summed E-state index contributed by atoms with van der Waals surface area (Å²) in [5, 5.41) is 14.4. The number of hydrogen-bond donors (Lipinski definition) is 2. The highest BCUT2D eigenvalue weighted by atomic mass is 16.3. The molecule has 206 valence electrons. The van der Waals surface area contributed by atoms with E-state index in [2.05, 4.69) is 44.5 Å². The van der Waals surface area contributed by atoms with Crippen molar-refractivity contribution in [1.82, 2.24) is 24.7 Å². The first kappa shape index (κ1) is 25.9. The minimum absolute atomic E-state index is 0.0300. The third-order valence-corrected chi connectivity index (χ3v) is 8.64. The first-order valence-corrected chi connectivity index (χ1v) is 14.2. The molecule has 1 aliphatic carbocycles. The Morgan fingerprint density at radius 1 is 0.897 bits per heavy atom. The number of anilines is 1. The first-order chi connectivity index (χ1) is 19.0. The van der Waals surface area contributed by atoms with Crippen LogP contribution in [0.3, 0.4) is 0 Å². The number of amides is 2. The van der Waals surface area contributed by atoms with Crippen molar-refractivity contribution in [3.63, 3.8) is 0 Å². The molecule has 6 rings (SSSR count). The maximum absolute atomic E-state index is 13.3. The molecule has 1 aromatic heterocycles. The molecule has 4 aliphatic rings. The van der Waals surface area contributed by atoms with Crippen LogP contribution >= 0.6 is 0 Å². The van der Waals surface area contributed by atoms with Crippen LogP contribution in [0, 0.1) is 5.92 Å². The lowest BCUT2D eigenvalue weighted by atomic mass is 9.94. The van der Waals surface area contributed by atoms with Gasteiger partial charge in [-0.15, -0.1) is 0 Å². The molecule has 2 aromatic rings. The number of hydrogen-bond acceptors (Lipinski definition) is 8. The van der Waals surface area contributed by atoms with E-state index < -0.39 is 6.10 Å². The van der Waals surface area contributed by atoms with E-state index in [-0.39, 0.29) is 42.1 Å². The second kappa shape index (κ2) is 11.0. The zero-order chi connectivity index (χ0) is 26.9. The Hall–Kier alpha value is -3.37. The summed E-state index contributed by atoms with van der Waals surface area (Å²) in [6.45, 7) is 3.65. The number of rotatable bonds is 6. The lowest BCUT2D eigenvalue weighted by molar-refractivity contribution is -0.146. The molecule has 2 amide bonds. The normalized spacial score (nSPS) is 24.2. The van der Waals surface area contributed by atoms with E-state index in [0.717, 1.165) is 32.4 Å². The fourth-order valence-electron chi connectivity index (χ4n) is 6.16. The van der Waals surface area contributed by atoms with Crippen LogP contribution in [0.25, 0.3) is 0 Å². The van der Waals surface area contributed by atoms with Crippen LogP contribution in [0.15, 0.2) is 36.7 Å². The lowest BCUT2D eigenvalue weighted by Crippen LogP contribution is -2.56. The Morgan fingerprint density at radius 3 is 2.38 bits per heavy atom. The molecule has 0 spiro atoms. The minimum atomic E-state index is -0.618. The third kappa shape index (κ3) is 5.67. The second-order valence-electron chi connectivity index (χ2n) is 11.3. The number of nitrogens with zero attached hydrogens (tertiary/aromatic N) is 5. The lowest BCUT2D eigenvalue weighted by Gasteiger charge is -2.43. The number of carbonyl (C=O) groups is 3. The van der Waals surface area contributed by atoms with Crippen molar-refractivity contribution in [1.29, 1.82) is 0 Å². The molecule has 3 fully saturated rings. The number of carbonyl (C=O) groups excluding carboxylic acids is 3. The number of Topliss-reactive ketones (excluding diaryl/α,β-unsaturated/α-hetero) is 1. The summed E-state index contributed by atoms with van der Waals surface area (Å²) >= 11 is 0. The average molecular weight is 533 g/mol. The number of benzene rings is 1. The van der Waals surface area contributed by atoms with Crippen molar-refractivity contribution < 1.29 is 19.5 Å². The quantitative estimate of drug-likeness (QED) is 0.538. The predicted molar refractivity (Wildman–Crippen MR) is 144 cm³/mol. The van der Waals surface area contributed by atoms with Crippen molar-refractivity contribution in [2.24, 2.45) is 5.92 Å². The van der Waals surface area contributed by atoms with Gasteiger partial charge in [0.1, 0.15) is 17.8 Å². The molecule has 2 atom stereocenters. The number of ketones is 1. The highest BCUT2D eigenvalue weighted by Gasteiger charge is 2.38. The van der Waals surface area contributed by atoms with Gasteiger partial charge in [0.2, 0.25) is 5.78 Å². The van der Waals surface area contributed by atoms with E-state index in [0.29, 0.717) is 50.4 Å². The van der Waals surface area contributed by atoms with Crippen LogP contribution < -0.4 is 5.32 Å². The number of β-amino-alcohol motifs (C(OH)–C–C–N with tert-alkyl or cyclic N) is 1. The van der Waals surface area contributed by atoms with Crippen molar-refractivity contribution in [2.45, 2.75) is 63.3 Å². The standard InChI is InChI=1S/C29H36N6O4/c36-25-17-35(14-10-24(25)34-11-7-19-3-1-2-4-21(19)16-34)28(38)23-15-26(31-18-30-23)32-22-8-12-33(13-9-22)29(39)27(37)20-5-6-20/h1-4,15,18,20,22,24-25,36H,5-14,16-17H2,(H,30,31,32)/t24?,25-/m0/s1. The van der Waals surface area contributed by atoms with Crippen LogP contribution in [0.2, 0.25) is 0 Å². The van der Waals surface area contributed by atoms with Crippen molar-refractivity contribution >= 4 is 23.4 Å². The van der Waals surface area contributed by atoms with Crippen molar-refractivity contribution in [2.75, 3.05) is 38.0 Å². The van der Waals surface area contributed by atoms with Gasteiger partial charge in [0.15, 0.2) is 0 Å².